The summed E-state index contributed by atoms with van der Waals surface area (Å²) in [5.74, 6) is 0.630. The van der Waals surface area contributed by atoms with Crippen molar-refractivity contribution in [1.29, 1.82) is 0 Å². The highest BCUT2D eigenvalue weighted by Gasteiger charge is 2.43. The third-order valence-corrected chi connectivity index (χ3v) is 5.67. The molecule has 162 valence electrons. The van der Waals surface area contributed by atoms with Crippen LogP contribution in [0.15, 0.2) is 54.2 Å². The summed E-state index contributed by atoms with van der Waals surface area (Å²) in [7, 11) is 1.54. The van der Waals surface area contributed by atoms with E-state index in [1.165, 1.54) is 4.90 Å². The van der Waals surface area contributed by atoms with Gasteiger partial charge in [-0.15, -0.1) is 0 Å². The number of methoxy groups -OCH3 is 1. The van der Waals surface area contributed by atoms with Crippen molar-refractivity contribution in [2.75, 3.05) is 31.7 Å². The molecule has 1 fully saturated rings. The number of benzene rings is 2. The molecule has 2 heterocycles. The predicted molar refractivity (Wildman–Crippen MR) is 120 cm³/mol. The van der Waals surface area contributed by atoms with E-state index in [1.807, 2.05) is 30.3 Å². The van der Waals surface area contributed by atoms with Crippen molar-refractivity contribution in [2.24, 2.45) is 0 Å². The zero-order chi connectivity index (χ0) is 21.8. The zero-order valence-corrected chi connectivity index (χ0v) is 18.1. The zero-order valence-electron chi connectivity index (χ0n) is 18.1. The molecule has 2 amide bonds. The molecule has 6 heteroatoms. The van der Waals surface area contributed by atoms with E-state index in [-0.39, 0.29) is 11.8 Å². The highest BCUT2D eigenvalue weighted by Crippen LogP contribution is 2.39. The van der Waals surface area contributed by atoms with Crippen LogP contribution in [0.1, 0.15) is 38.2 Å². The van der Waals surface area contributed by atoms with Crippen LogP contribution in [0.4, 0.5) is 5.69 Å². The first-order chi connectivity index (χ1) is 15.2. The van der Waals surface area contributed by atoms with Crippen LogP contribution < -0.4 is 14.4 Å². The smallest absolute Gasteiger partial charge is 0.282 e. The van der Waals surface area contributed by atoms with Crippen LogP contribution >= 0.6 is 0 Å². The number of imide groups is 1. The second-order valence-electron chi connectivity index (χ2n) is 7.76. The van der Waals surface area contributed by atoms with Crippen LogP contribution in [0, 0.1) is 0 Å². The topological polar surface area (TPSA) is 59.1 Å². The number of likely N-dealkylation sites (tertiary alicyclic amines) is 1. The van der Waals surface area contributed by atoms with Gasteiger partial charge in [-0.1, -0.05) is 31.2 Å². The molecule has 2 aliphatic rings. The fourth-order valence-corrected chi connectivity index (χ4v) is 4.16. The monoisotopic (exact) mass is 420 g/mol. The van der Waals surface area contributed by atoms with Gasteiger partial charge in [0.25, 0.3) is 11.8 Å². The number of nitrogens with zero attached hydrogens (tertiary/aromatic N) is 2. The van der Waals surface area contributed by atoms with Crippen molar-refractivity contribution in [1.82, 2.24) is 4.90 Å². The second-order valence-corrected chi connectivity index (χ2v) is 7.76. The standard InChI is InChI=1S/C25H28N2O4/c1-3-17-31-19-13-11-18(12-14-19)22-23(26-15-7-4-8-16-26)25(29)27(24(22)28)20-9-5-6-10-21(20)30-2/h5-6,9-14H,3-4,7-8,15-17H2,1-2H3. The normalized spacial score (nSPS) is 16.8. The highest BCUT2D eigenvalue weighted by molar-refractivity contribution is 6.45. The van der Waals surface area contributed by atoms with Gasteiger partial charge in [-0.25, -0.2) is 4.90 Å². The van der Waals surface area contributed by atoms with Gasteiger partial charge < -0.3 is 14.4 Å². The summed E-state index contributed by atoms with van der Waals surface area (Å²) in [6.07, 6.45) is 4.08. The summed E-state index contributed by atoms with van der Waals surface area (Å²) in [6, 6.07) is 14.6. The van der Waals surface area contributed by atoms with Crippen molar-refractivity contribution in [3.63, 3.8) is 0 Å². The first kappa shape index (κ1) is 21.0. The van der Waals surface area contributed by atoms with Gasteiger partial charge in [0.05, 0.1) is 25.0 Å². The Morgan fingerprint density at radius 2 is 1.61 bits per heavy atom. The Labute approximate surface area is 183 Å². The van der Waals surface area contributed by atoms with Crippen molar-refractivity contribution in [3.8, 4) is 11.5 Å². The third kappa shape index (κ3) is 4.02. The SMILES string of the molecule is CCCOc1ccc(C2=C(N3CCCCC3)C(=O)N(c3ccccc3OC)C2=O)cc1. The number of carbonyl (C=O) groups excluding carboxylic acids is 2. The van der Waals surface area contributed by atoms with E-state index < -0.39 is 0 Å². The van der Waals surface area contributed by atoms with Crippen LogP contribution in [0.5, 0.6) is 11.5 Å². The van der Waals surface area contributed by atoms with Gasteiger partial charge in [-0.3, -0.25) is 9.59 Å². The Morgan fingerprint density at radius 3 is 2.29 bits per heavy atom. The summed E-state index contributed by atoms with van der Waals surface area (Å²) in [5.41, 5.74) is 2.12. The van der Waals surface area contributed by atoms with E-state index in [0.29, 0.717) is 29.3 Å². The number of carbonyl (C=O) groups is 2. The predicted octanol–water partition coefficient (Wildman–Crippen LogP) is 4.25. The first-order valence-electron chi connectivity index (χ1n) is 10.9. The lowest BCUT2D eigenvalue weighted by Crippen LogP contribution is -2.37. The minimum Gasteiger partial charge on any atom is -0.495 e. The quantitative estimate of drug-likeness (QED) is 0.627. The molecule has 2 aromatic rings. The molecular formula is C25H28N2O4. The maximum absolute atomic E-state index is 13.6. The van der Waals surface area contributed by atoms with Crippen LogP contribution in [-0.2, 0) is 9.59 Å². The van der Waals surface area contributed by atoms with Crippen molar-refractivity contribution >= 4 is 23.1 Å². The second kappa shape index (κ2) is 9.25. The lowest BCUT2D eigenvalue weighted by atomic mass is 10.0. The van der Waals surface area contributed by atoms with E-state index in [0.717, 1.165) is 50.1 Å². The lowest BCUT2D eigenvalue weighted by Gasteiger charge is -2.29. The van der Waals surface area contributed by atoms with Gasteiger partial charge in [0.15, 0.2) is 0 Å². The molecule has 0 aromatic heterocycles. The molecular weight excluding hydrogens is 392 g/mol. The summed E-state index contributed by atoms with van der Waals surface area (Å²) in [4.78, 5) is 30.5. The summed E-state index contributed by atoms with van der Waals surface area (Å²) < 4.78 is 11.1. The molecule has 0 aliphatic carbocycles. The van der Waals surface area contributed by atoms with E-state index in [1.54, 1.807) is 25.3 Å². The molecule has 2 aromatic carbocycles. The molecule has 0 saturated carbocycles. The minimum absolute atomic E-state index is 0.294. The fraction of sp³-hybridized carbons (Fsp3) is 0.360. The Morgan fingerprint density at radius 1 is 0.903 bits per heavy atom. The molecule has 0 spiro atoms. The number of ether oxygens (including phenoxy) is 2. The Bertz CT molecular complexity index is 991. The van der Waals surface area contributed by atoms with Crippen LogP contribution in [0.25, 0.3) is 5.57 Å². The molecule has 0 atom stereocenters. The number of piperidine rings is 1. The summed E-state index contributed by atoms with van der Waals surface area (Å²) in [5, 5.41) is 0. The van der Waals surface area contributed by atoms with Crippen molar-refractivity contribution in [2.45, 2.75) is 32.6 Å². The number of para-hydroxylation sites is 2. The van der Waals surface area contributed by atoms with Gasteiger partial charge in [0.2, 0.25) is 0 Å². The van der Waals surface area contributed by atoms with Gasteiger partial charge in [0.1, 0.15) is 17.2 Å². The number of amides is 2. The van der Waals surface area contributed by atoms with E-state index in [2.05, 4.69) is 11.8 Å². The molecule has 0 N–H and O–H groups in total. The van der Waals surface area contributed by atoms with Gasteiger partial charge in [-0.05, 0) is 55.5 Å². The molecule has 2 aliphatic heterocycles. The molecule has 6 nitrogen and oxygen atoms in total. The number of hydrogen-bond acceptors (Lipinski definition) is 5. The maximum Gasteiger partial charge on any atom is 0.282 e. The Balaban J connectivity index is 1.77. The van der Waals surface area contributed by atoms with Crippen LogP contribution in [0.2, 0.25) is 0 Å². The molecule has 4 rings (SSSR count). The Kier molecular flexibility index (Phi) is 6.26. The van der Waals surface area contributed by atoms with Crippen molar-refractivity contribution < 1.29 is 19.1 Å². The molecule has 0 bridgehead atoms. The average Bonchev–Trinajstić information content (AvgIpc) is 3.08. The van der Waals surface area contributed by atoms with E-state index in [4.69, 9.17) is 9.47 Å². The number of hydrogen-bond donors (Lipinski definition) is 0. The minimum atomic E-state index is -0.322. The molecule has 0 radical (unpaired) electrons. The van der Waals surface area contributed by atoms with Crippen LogP contribution in [0.3, 0.4) is 0 Å². The summed E-state index contributed by atoms with van der Waals surface area (Å²) in [6.45, 7) is 4.24. The maximum atomic E-state index is 13.6. The van der Waals surface area contributed by atoms with E-state index >= 15 is 0 Å². The summed E-state index contributed by atoms with van der Waals surface area (Å²) >= 11 is 0. The fourth-order valence-electron chi connectivity index (χ4n) is 4.16. The van der Waals surface area contributed by atoms with Gasteiger partial charge in [-0.2, -0.15) is 0 Å². The number of rotatable bonds is 7. The van der Waals surface area contributed by atoms with Crippen LogP contribution in [-0.4, -0.2) is 43.5 Å². The first-order valence-corrected chi connectivity index (χ1v) is 10.9. The highest BCUT2D eigenvalue weighted by atomic mass is 16.5. The third-order valence-electron chi connectivity index (χ3n) is 5.67. The number of anilines is 1. The average molecular weight is 421 g/mol. The van der Waals surface area contributed by atoms with Crippen molar-refractivity contribution in [3.05, 3.63) is 59.8 Å². The van der Waals surface area contributed by atoms with E-state index in [9.17, 15) is 9.59 Å². The molecule has 0 unspecified atom stereocenters. The lowest BCUT2D eigenvalue weighted by molar-refractivity contribution is -0.120. The van der Waals surface area contributed by atoms with Gasteiger partial charge in [0, 0.05) is 13.1 Å². The van der Waals surface area contributed by atoms with Gasteiger partial charge >= 0.3 is 0 Å². The molecule has 1 saturated heterocycles. The Hall–Kier alpha value is -3.28. The largest absolute Gasteiger partial charge is 0.495 e. The molecule has 31 heavy (non-hydrogen) atoms.